The molecule has 1 aliphatic rings. The van der Waals surface area contributed by atoms with Gasteiger partial charge in [-0.2, -0.15) is 13.2 Å². The Kier molecular flexibility index (Phi) is 4.22. The predicted molar refractivity (Wildman–Crippen MR) is 73.7 cm³/mol. The maximum absolute atomic E-state index is 13.4. The molecule has 1 N–H and O–H groups in total. The number of nitrogens with zero attached hydrogens (tertiary/aromatic N) is 1. The van der Waals surface area contributed by atoms with Crippen LogP contribution in [-0.2, 0) is 11.2 Å². The Hall–Kier alpha value is -1.27. The third-order valence-electron chi connectivity index (χ3n) is 3.50. The predicted octanol–water partition coefficient (Wildman–Crippen LogP) is 3.33. The molecule has 7 heteroatoms. The van der Waals surface area contributed by atoms with Gasteiger partial charge in [-0.25, -0.2) is 5.01 Å². The summed E-state index contributed by atoms with van der Waals surface area (Å²) in [6.45, 7) is 3.23. The molecule has 1 atom stereocenters. The van der Waals surface area contributed by atoms with E-state index in [0.29, 0.717) is 10.6 Å². The highest BCUT2D eigenvalue weighted by Crippen LogP contribution is 2.35. The van der Waals surface area contributed by atoms with E-state index in [9.17, 15) is 18.0 Å². The van der Waals surface area contributed by atoms with E-state index in [2.05, 4.69) is 5.43 Å². The van der Waals surface area contributed by atoms with Gasteiger partial charge < -0.3 is 0 Å². The third-order valence-corrected chi connectivity index (χ3v) is 3.73. The molecule has 3 nitrogen and oxygen atoms in total. The zero-order valence-electron chi connectivity index (χ0n) is 11.7. The monoisotopic (exact) mass is 320 g/mol. The van der Waals surface area contributed by atoms with Crippen LogP contribution in [0.5, 0.6) is 0 Å². The van der Waals surface area contributed by atoms with Crippen molar-refractivity contribution in [3.63, 3.8) is 0 Å². The van der Waals surface area contributed by atoms with Gasteiger partial charge in [-0.15, -0.1) is 0 Å². The zero-order valence-corrected chi connectivity index (χ0v) is 12.4. The van der Waals surface area contributed by atoms with Gasteiger partial charge in [0.25, 0.3) is 0 Å². The normalized spacial score (nSPS) is 20.4. The lowest BCUT2D eigenvalue weighted by molar-refractivity contribution is -0.200. The van der Waals surface area contributed by atoms with Crippen LogP contribution in [0.25, 0.3) is 0 Å². The topological polar surface area (TPSA) is 32.3 Å². The lowest BCUT2D eigenvalue weighted by atomic mass is 9.97. The van der Waals surface area contributed by atoms with Gasteiger partial charge in [0, 0.05) is 17.0 Å². The van der Waals surface area contributed by atoms with E-state index in [1.807, 2.05) is 0 Å². The summed E-state index contributed by atoms with van der Waals surface area (Å²) in [5.74, 6) is -0.402. The van der Waals surface area contributed by atoms with Crippen molar-refractivity contribution in [2.45, 2.75) is 44.4 Å². The second-order valence-electron chi connectivity index (χ2n) is 5.79. The van der Waals surface area contributed by atoms with Crippen molar-refractivity contribution in [1.29, 1.82) is 0 Å². The number of alkyl halides is 3. The largest absolute Gasteiger partial charge is 0.406 e. The first kappa shape index (κ1) is 16.1. The molecule has 1 aliphatic heterocycles. The van der Waals surface area contributed by atoms with Crippen LogP contribution in [-0.4, -0.2) is 28.7 Å². The summed E-state index contributed by atoms with van der Waals surface area (Å²) in [5.41, 5.74) is 1.91. The second kappa shape index (κ2) is 5.50. The number of rotatable bonds is 3. The minimum Gasteiger partial charge on any atom is -0.288 e. The van der Waals surface area contributed by atoms with Crippen molar-refractivity contribution in [2.24, 2.45) is 0 Å². The number of hydrogen-bond acceptors (Lipinski definition) is 2. The zero-order chi connectivity index (χ0) is 15.8. The first-order valence-corrected chi connectivity index (χ1v) is 6.87. The number of halogens is 4. The second-order valence-corrected chi connectivity index (χ2v) is 6.22. The van der Waals surface area contributed by atoms with E-state index in [4.69, 9.17) is 11.6 Å². The lowest BCUT2D eigenvalue weighted by Crippen LogP contribution is -2.57. The molecule has 1 heterocycles. The Balaban J connectivity index is 2.30. The first-order chi connectivity index (χ1) is 9.59. The molecule has 1 unspecified atom stereocenters. The maximum Gasteiger partial charge on any atom is 0.406 e. The average molecular weight is 321 g/mol. The molecule has 1 aromatic carbocycles. The first-order valence-electron chi connectivity index (χ1n) is 6.49. The fourth-order valence-corrected chi connectivity index (χ4v) is 2.76. The minimum absolute atomic E-state index is 0.0368. The van der Waals surface area contributed by atoms with Crippen LogP contribution in [0.3, 0.4) is 0 Å². The van der Waals surface area contributed by atoms with Gasteiger partial charge in [0.05, 0.1) is 0 Å². The lowest BCUT2D eigenvalue weighted by Gasteiger charge is -2.37. The van der Waals surface area contributed by atoms with Gasteiger partial charge in [0.15, 0.2) is 0 Å². The van der Waals surface area contributed by atoms with Crippen molar-refractivity contribution >= 4 is 17.5 Å². The molecule has 2 rings (SSSR count). The Bertz CT molecular complexity index is 545. The van der Waals surface area contributed by atoms with Crippen LogP contribution in [0.1, 0.15) is 25.8 Å². The molecule has 1 fully saturated rings. The van der Waals surface area contributed by atoms with Crippen molar-refractivity contribution in [1.82, 2.24) is 10.4 Å². The Morgan fingerprint density at radius 1 is 1.43 bits per heavy atom. The summed E-state index contributed by atoms with van der Waals surface area (Å²) in [7, 11) is 0. The fraction of sp³-hybridized carbons (Fsp3) is 0.500. The van der Waals surface area contributed by atoms with E-state index >= 15 is 0 Å². The standard InChI is InChI=1S/C14H16ClF3N2O/c1-13(2)8-12(21)19-20(13)11(14(16,17)18)7-9-4-3-5-10(15)6-9/h3-6,11H,7-8H2,1-2H3,(H,19,21). The quantitative estimate of drug-likeness (QED) is 0.926. The van der Waals surface area contributed by atoms with Gasteiger partial charge in [0.2, 0.25) is 5.91 Å². The van der Waals surface area contributed by atoms with E-state index in [-0.39, 0.29) is 12.8 Å². The molecule has 21 heavy (non-hydrogen) atoms. The number of hydrazine groups is 1. The van der Waals surface area contributed by atoms with Crippen LogP contribution in [0.4, 0.5) is 13.2 Å². The summed E-state index contributed by atoms with van der Waals surface area (Å²) in [4.78, 5) is 11.5. The smallest absolute Gasteiger partial charge is 0.288 e. The van der Waals surface area contributed by atoms with Gasteiger partial charge in [0.1, 0.15) is 6.04 Å². The molecule has 1 aromatic rings. The fourth-order valence-electron chi connectivity index (χ4n) is 2.54. The Morgan fingerprint density at radius 3 is 2.57 bits per heavy atom. The third kappa shape index (κ3) is 3.68. The number of amides is 1. The van der Waals surface area contributed by atoms with Crippen LogP contribution in [0.2, 0.25) is 5.02 Å². The minimum atomic E-state index is -4.46. The van der Waals surface area contributed by atoms with Crippen molar-refractivity contribution in [3.8, 4) is 0 Å². The van der Waals surface area contributed by atoms with E-state index in [1.165, 1.54) is 6.07 Å². The molecule has 0 bridgehead atoms. The summed E-state index contributed by atoms with van der Waals surface area (Å²) >= 11 is 5.82. The van der Waals surface area contributed by atoms with Gasteiger partial charge in [-0.05, 0) is 38.0 Å². The Labute approximate surface area is 126 Å². The van der Waals surface area contributed by atoms with E-state index < -0.39 is 23.7 Å². The number of nitrogens with one attached hydrogen (secondary N) is 1. The van der Waals surface area contributed by atoms with Crippen molar-refractivity contribution in [2.75, 3.05) is 0 Å². The Morgan fingerprint density at radius 2 is 2.10 bits per heavy atom. The highest BCUT2D eigenvalue weighted by molar-refractivity contribution is 6.30. The van der Waals surface area contributed by atoms with Crippen molar-refractivity contribution in [3.05, 3.63) is 34.9 Å². The number of hydrogen-bond donors (Lipinski definition) is 1. The SMILES string of the molecule is CC1(C)CC(=O)NN1C(Cc1cccc(Cl)c1)C(F)(F)F. The van der Waals surface area contributed by atoms with E-state index in [1.54, 1.807) is 32.0 Å². The molecule has 116 valence electrons. The van der Waals surface area contributed by atoms with Gasteiger partial charge >= 0.3 is 6.18 Å². The molecule has 1 amide bonds. The number of benzene rings is 1. The molecule has 0 spiro atoms. The average Bonchev–Trinajstić information content (AvgIpc) is 2.58. The summed E-state index contributed by atoms with van der Waals surface area (Å²) < 4.78 is 40.2. The van der Waals surface area contributed by atoms with Crippen LogP contribution in [0, 0.1) is 0 Å². The highest BCUT2D eigenvalue weighted by atomic mass is 35.5. The molecule has 0 saturated carbocycles. The highest BCUT2D eigenvalue weighted by Gasteiger charge is 2.51. The molecule has 0 aromatic heterocycles. The molecule has 0 radical (unpaired) electrons. The van der Waals surface area contributed by atoms with Gasteiger partial charge in [-0.3, -0.25) is 10.2 Å². The van der Waals surface area contributed by atoms with E-state index in [0.717, 1.165) is 5.01 Å². The molecule has 0 aliphatic carbocycles. The molecular formula is C14H16ClF3N2O. The maximum atomic E-state index is 13.4. The van der Waals surface area contributed by atoms with Crippen LogP contribution in [0.15, 0.2) is 24.3 Å². The number of carbonyl (C=O) groups is 1. The molecule has 1 saturated heterocycles. The van der Waals surface area contributed by atoms with Crippen LogP contribution < -0.4 is 5.43 Å². The number of carbonyl (C=O) groups excluding carboxylic acids is 1. The van der Waals surface area contributed by atoms with Crippen LogP contribution >= 0.6 is 11.6 Å². The summed E-state index contributed by atoms with van der Waals surface area (Å²) in [5, 5.41) is 1.40. The van der Waals surface area contributed by atoms with Crippen molar-refractivity contribution < 1.29 is 18.0 Å². The summed E-state index contributed by atoms with van der Waals surface area (Å²) in [6.07, 6.45) is -4.69. The van der Waals surface area contributed by atoms with Gasteiger partial charge in [-0.1, -0.05) is 23.7 Å². The summed E-state index contributed by atoms with van der Waals surface area (Å²) in [6, 6.07) is 4.52. The molecular weight excluding hydrogens is 305 g/mol.